The van der Waals surface area contributed by atoms with Crippen molar-refractivity contribution >= 4 is 5.91 Å². The van der Waals surface area contributed by atoms with Crippen LogP contribution in [0.4, 0.5) is 0 Å². The van der Waals surface area contributed by atoms with Crippen molar-refractivity contribution in [3.05, 3.63) is 11.7 Å². The van der Waals surface area contributed by atoms with Gasteiger partial charge in [0, 0.05) is 26.6 Å². The van der Waals surface area contributed by atoms with E-state index in [1.807, 2.05) is 7.05 Å². The number of hydrogen-bond donors (Lipinski definition) is 1. The lowest BCUT2D eigenvalue weighted by molar-refractivity contribution is -0.128. The molecule has 1 aliphatic heterocycles. The Labute approximate surface area is 94.0 Å². The monoisotopic (exact) mass is 224 g/mol. The van der Waals surface area contributed by atoms with Gasteiger partial charge in [0.25, 0.3) is 0 Å². The lowest BCUT2D eigenvalue weighted by atomic mass is 10.2. The molecule has 88 valence electrons. The highest BCUT2D eigenvalue weighted by molar-refractivity contribution is 5.83. The number of hydrogen-bond acceptors (Lipinski definition) is 5. The summed E-state index contributed by atoms with van der Waals surface area (Å²) in [4.78, 5) is 17.4. The largest absolute Gasteiger partial charge is 0.344 e. The Morgan fingerprint density at radius 3 is 3.00 bits per heavy atom. The predicted molar refractivity (Wildman–Crippen MR) is 56.8 cm³/mol. The van der Waals surface area contributed by atoms with E-state index in [1.165, 1.54) is 0 Å². The maximum atomic E-state index is 11.6. The fourth-order valence-electron chi connectivity index (χ4n) is 1.81. The Morgan fingerprint density at radius 1 is 1.62 bits per heavy atom. The van der Waals surface area contributed by atoms with Crippen molar-refractivity contribution < 1.29 is 9.32 Å². The average Bonchev–Trinajstić information content (AvgIpc) is 2.79. The number of carbonyl (C=O) groups excluding carboxylic acids is 1. The molecule has 0 spiro atoms. The summed E-state index contributed by atoms with van der Waals surface area (Å²) in [6.07, 6.45) is 1.53. The summed E-state index contributed by atoms with van der Waals surface area (Å²) in [6, 6.07) is -0.0472. The lowest BCUT2D eigenvalue weighted by Gasteiger charge is -2.10. The minimum absolute atomic E-state index is 0.0472. The van der Waals surface area contributed by atoms with Crippen molar-refractivity contribution in [3.8, 4) is 0 Å². The summed E-state index contributed by atoms with van der Waals surface area (Å²) in [5, 5.41) is 6.91. The molecule has 1 saturated heterocycles. The Hall–Kier alpha value is -1.43. The van der Waals surface area contributed by atoms with E-state index in [2.05, 4.69) is 15.5 Å². The van der Waals surface area contributed by atoms with Crippen LogP contribution in [0.1, 0.15) is 18.1 Å². The molecule has 6 nitrogen and oxygen atoms in total. The van der Waals surface area contributed by atoms with E-state index in [4.69, 9.17) is 4.52 Å². The minimum Gasteiger partial charge on any atom is -0.344 e. The van der Waals surface area contributed by atoms with Gasteiger partial charge in [0.05, 0.1) is 6.04 Å². The molecule has 0 bridgehead atoms. The first-order chi connectivity index (χ1) is 7.66. The van der Waals surface area contributed by atoms with Crippen LogP contribution in [0, 0.1) is 6.92 Å². The highest BCUT2D eigenvalue weighted by Gasteiger charge is 2.28. The van der Waals surface area contributed by atoms with E-state index in [9.17, 15) is 4.79 Å². The number of nitrogens with one attached hydrogen (secondary N) is 1. The van der Waals surface area contributed by atoms with E-state index in [0.717, 1.165) is 13.0 Å². The van der Waals surface area contributed by atoms with Crippen LogP contribution in [0.2, 0.25) is 0 Å². The van der Waals surface area contributed by atoms with Crippen molar-refractivity contribution in [2.24, 2.45) is 0 Å². The fourth-order valence-corrected chi connectivity index (χ4v) is 1.81. The molecule has 1 amide bonds. The third kappa shape index (κ3) is 2.38. The van der Waals surface area contributed by atoms with Crippen LogP contribution in [0.25, 0.3) is 0 Å². The van der Waals surface area contributed by atoms with Crippen molar-refractivity contribution in [1.29, 1.82) is 0 Å². The van der Waals surface area contributed by atoms with Crippen LogP contribution >= 0.6 is 0 Å². The normalized spacial score (nSPS) is 20.8. The molecule has 2 rings (SSSR count). The third-order valence-electron chi connectivity index (χ3n) is 2.73. The summed E-state index contributed by atoms with van der Waals surface area (Å²) in [7, 11) is 1.82. The molecule has 2 heterocycles. The van der Waals surface area contributed by atoms with Gasteiger partial charge in [-0.1, -0.05) is 5.16 Å². The molecule has 6 heteroatoms. The van der Waals surface area contributed by atoms with Gasteiger partial charge in [-0.25, -0.2) is 0 Å². The maximum absolute atomic E-state index is 11.6. The molecule has 16 heavy (non-hydrogen) atoms. The number of carbonyl (C=O) groups is 1. The van der Waals surface area contributed by atoms with Gasteiger partial charge in [-0.05, 0) is 13.3 Å². The standard InChI is InChI=1S/C10H16N4O2/c1-7-12-9(16-13-7)3-5-11-8-4-6-14(2)10(8)15/h8,11H,3-6H2,1-2H3. The van der Waals surface area contributed by atoms with E-state index in [1.54, 1.807) is 11.8 Å². The zero-order valence-electron chi connectivity index (χ0n) is 9.56. The van der Waals surface area contributed by atoms with Crippen molar-refractivity contribution in [2.45, 2.75) is 25.8 Å². The molecule has 0 aromatic carbocycles. The number of rotatable bonds is 4. The molecular formula is C10H16N4O2. The van der Waals surface area contributed by atoms with E-state index in [0.29, 0.717) is 24.7 Å². The van der Waals surface area contributed by atoms with Gasteiger partial charge in [-0.3, -0.25) is 4.79 Å². The number of likely N-dealkylation sites (N-methyl/N-ethyl adjacent to an activating group) is 1. The Morgan fingerprint density at radius 2 is 2.44 bits per heavy atom. The Balaban J connectivity index is 1.74. The summed E-state index contributed by atoms with van der Waals surface area (Å²) < 4.78 is 4.98. The van der Waals surface area contributed by atoms with Crippen LogP contribution in [-0.4, -0.2) is 47.1 Å². The summed E-state index contributed by atoms with van der Waals surface area (Å²) >= 11 is 0. The second kappa shape index (κ2) is 4.61. The molecule has 1 atom stereocenters. The van der Waals surface area contributed by atoms with Gasteiger partial charge in [-0.15, -0.1) is 0 Å². The average molecular weight is 224 g/mol. The molecule has 1 aromatic heterocycles. The van der Waals surface area contributed by atoms with Crippen molar-refractivity contribution in [2.75, 3.05) is 20.1 Å². The molecule has 0 saturated carbocycles. The first-order valence-electron chi connectivity index (χ1n) is 5.44. The van der Waals surface area contributed by atoms with Crippen LogP contribution < -0.4 is 5.32 Å². The van der Waals surface area contributed by atoms with Crippen LogP contribution in [0.5, 0.6) is 0 Å². The lowest BCUT2D eigenvalue weighted by Crippen LogP contribution is -2.37. The summed E-state index contributed by atoms with van der Waals surface area (Å²) in [6.45, 7) is 3.30. The number of likely N-dealkylation sites (tertiary alicyclic amines) is 1. The topological polar surface area (TPSA) is 71.3 Å². The van der Waals surface area contributed by atoms with Gasteiger partial charge in [0.1, 0.15) is 0 Å². The predicted octanol–water partition coefficient (Wildman–Crippen LogP) is -0.259. The number of amides is 1. The Bertz CT molecular complexity index is 377. The quantitative estimate of drug-likeness (QED) is 0.763. The number of aryl methyl sites for hydroxylation is 1. The minimum atomic E-state index is -0.0472. The van der Waals surface area contributed by atoms with Gasteiger partial charge in [-0.2, -0.15) is 4.98 Å². The van der Waals surface area contributed by atoms with Gasteiger partial charge >= 0.3 is 0 Å². The SMILES string of the molecule is Cc1noc(CCNC2CCN(C)C2=O)n1. The second-order valence-corrected chi connectivity index (χ2v) is 4.04. The zero-order valence-corrected chi connectivity index (χ0v) is 9.56. The molecule has 1 unspecified atom stereocenters. The molecular weight excluding hydrogens is 208 g/mol. The van der Waals surface area contributed by atoms with Gasteiger partial charge in [0.2, 0.25) is 11.8 Å². The zero-order chi connectivity index (χ0) is 11.5. The van der Waals surface area contributed by atoms with Gasteiger partial charge in [0.15, 0.2) is 5.82 Å². The number of aromatic nitrogens is 2. The van der Waals surface area contributed by atoms with Gasteiger partial charge < -0.3 is 14.7 Å². The summed E-state index contributed by atoms with van der Waals surface area (Å²) in [5.74, 6) is 1.43. The molecule has 1 fully saturated rings. The highest BCUT2D eigenvalue weighted by Crippen LogP contribution is 2.08. The third-order valence-corrected chi connectivity index (χ3v) is 2.73. The second-order valence-electron chi connectivity index (χ2n) is 4.04. The maximum Gasteiger partial charge on any atom is 0.239 e. The van der Waals surface area contributed by atoms with Crippen LogP contribution in [-0.2, 0) is 11.2 Å². The van der Waals surface area contributed by atoms with E-state index in [-0.39, 0.29) is 11.9 Å². The van der Waals surface area contributed by atoms with E-state index < -0.39 is 0 Å². The molecule has 1 N–H and O–H groups in total. The number of nitrogens with zero attached hydrogens (tertiary/aromatic N) is 3. The highest BCUT2D eigenvalue weighted by atomic mass is 16.5. The molecule has 1 aromatic rings. The first-order valence-corrected chi connectivity index (χ1v) is 5.44. The van der Waals surface area contributed by atoms with Crippen molar-refractivity contribution in [3.63, 3.8) is 0 Å². The van der Waals surface area contributed by atoms with Crippen molar-refractivity contribution in [1.82, 2.24) is 20.4 Å². The molecule has 0 radical (unpaired) electrons. The first kappa shape index (κ1) is 11.1. The molecule has 1 aliphatic rings. The van der Waals surface area contributed by atoms with Crippen LogP contribution in [0.3, 0.4) is 0 Å². The van der Waals surface area contributed by atoms with E-state index >= 15 is 0 Å². The summed E-state index contributed by atoms with van der Waals surface area (Å²) in [5.41, 5.74) is 0. The molecule has 0 aliphatic carbocycles. The fraction of sp³-hybridized carbons (Fsp3) is 0.700. The Kier molecular flexibility index (Phi) is 3.19. The van der Waals surface area contributed by atoms with Crippen LogP contribution in [0.15, 0.2) is 4.52 Å². The smallest absolute Gasteiger partial charge is 0.239 e.